The minimum atomic E-state index is -2.41. The van der Waals surface area contributed by atoms with Gasteiger partial charge in [-0.05, 0) is 53.5 Å². The van der Waals surface area contributed by atoms with E-state index in [0.717, 1.165) is 11.1 Å². The van der Waals surface area contributed by atoms with E-state index in [1.54, 1.807) is 12.1 Å². The van der Waals surface area contributed by atoms with Gasteiger partial charge in [0.25, 0.3) is 0 Å². The maximum atomic E-state index is 12.0. The molecule has 0 aliphatic carbocycles. The molecule has 2 aliphatic heterocycles. The minimum Gasteiger partial charge on any atom is -0.484 e. The van der Waals surface area contributed by atoms with Gasteiger partial charge in [-0.15, -0.1) is 0 Å². The largest absolute Gasteiger partial charge is 0.484 e. The predicted octanol–water partition coefficient (Wildman–Crippen LogP) is 5.74. The zero-order chi connectivity index (χ0) is 30.8. The predicted molar refractivity (Wildman–Crippen MR) is 163 cm³/mol. The third kappa shape index (κ3) is 6.48. The maximum absolute atomic E-state index is 12.0. The van der Waals surface area contributed by atoms with E-state index in [2.05, 4.69) is 33.9 Å². The molecule has 0 saturated heterocycles. The van der Waals surface area contributed by atoms with Crippen LogP contribution in [0.1, 0.15) is 49.7 Å². The number of hydrogen-bond donors (Lipinski definition) is 3. The number of rotatable bonds is 12. The van der Waals surface area contributed by atoms with Crippen molar-refractivity contribution in [1.29, 1.82) is 0 Å². The van der Waals surface area contributed by atoms with E-state index in [9.17, 15) is 15.3 Å². The van der Waals surface area contributed by atoms with Crippen molar-refractivity contribution in [3.8, 4) is 28.7 Å². The van der Waals surface area contributed by atoms with Gasteiger partial charge in [0.2, 0.25) is 19.3 Å². The molecule has 0 fully saturated rings. The SMILES string of the molecule is CC(C)(C)[Si](C)(C)O[C@@H](c1ccc2c(c1)OCO2)[C@@H](CO)[C@H](CO)C(O)c1ccc2c(c1OCc1ccccc1)OCO2. The molecule has 3 aromatic carbocycles. The normalized spacial score (nSPS) is 16.9. The molecule has 43 heavy (non-hydrogen) atoms. The van der Waals surface area contributed by atoms with Crippen LogP contribution in [0.5, 0.6) is 28.7 Å². The van der Waals surface area contributed by atoms with Crippen molar-refractivity contribution in [3.05, 3.63) is 77.4 Å². The Morgan fingerprint density at radius 1 is 0.814 bits per heavy atom. The molecule has 1 unspecified atom stereocenters. The van der Waals surface area contributed by atoms with Gasteiger partial charge in [0, 0.05) is 30.6 Å². The Balaban J connectivity index is 1.52. The van der Waals surface area contributed by atoms with E-state index in [0.29, 0.717) is 34.3 Å². The summed E-state index contributed by atoms with van der Waals surface area (Å²) in [4.78, 5) is 0. The smallest absolute Gasteiger partial charge is 0.231 e. The molecule has 10 heteroatoms. The molecule has 3 N–H and O–H groups in total. The van der Waals surface area contributed by atoms with Gasteiger partial charge in [0.05, 0.1) is 12.2 Å². The maximum Gasteiger partial charge on any atom is 0.231 e. The molecule has 0 aromatic heterocycles. The van der Waals surface area contributed by atoms with Gasteiger partial charge in [-0.3, -0.25) is 0 Å². The lowest BCUT2D eigenvalue weighted by Gasteiger charge is -2.43. The number of aliphatic hydroxyl groups is 3. The summed E-state index contributed by atoms with van der Waals surface area (Å²) in [5, 5.41) is 33.5. The number of ether oxygens (including phenoxy) is 5. The average Bonchev–Trinajstić information content (AvgIpc) is 3.66. The highest BCUT2D eigenvalue weighted by Gasteiger charge is 2.44. The van der Waals surface area contributed by atoms with E-state index in [1.165, 1.54) is 0 Å². The van der Waals surface area contributed by atoms with Gasteiger partial charge in [0.1, 0.15) is 6.61 Å². The van der Waals surface area contributed by atoms with Gasteiger partial charge < -0.3 is 43.4 Å². The van der Waals surface area contributed by atoms with Gasteiger partial charge in [-0.2, -0.15) is 0 Å². The second kappa shape index (κ2) is 12.8. The molecule has 232 valence electrons. The summed E-state index contributed by atoms with van der Waals surface area (Å²) >= 11 is 0. The van der Waals surface area contributed by atoms with Gasteiger partial charge in [-0.1, -0.05) is 57.2 Å². The van der Waals surface area contributed by atoms with E-state index in [4.69, 9.17) is 28.1 Å². The number of benzene rings is 3. The number of hydrogen-bond acceptors (Lipinski definition) is 9. The lowest BCUT2D eigenvalue weighted by atomic mass is 9.79. The topological polar surface area (TPSA) is 116 Å². The molecule has 2 heterocycles. The summed E-state index contributed by atoms with van der Waals surface area (Å²) < 4.78 is 35.7. The zero-order valence-corrected chi connectivity index (χ0v) is 26.4. The second-order valence-corrected chi connectivity index (χ2v) is 17.3. The summed E-state index contributed by atoms with van der Waals surface area (Å²) in [7, 11) is -2.41. The van der Waals surface area contributed by atoms with Crippen LogP contribution in [-0.4, -0.2) is 50.4 Å². The average molecular weight is 611 g/mol. The highest BCUT2D eigenvalue weighted by Crippen LogP contribution is 2.50. The third-order valence-corrected chi connectivity index (χ3v) is 13.2. The first-order chi connectivity index (χ1) is 20.5. The van der Waals surface area contributed by atoms with E-state index < -0.39 is 39.0 Å². The Bertz CT molecular complexity index is 1390. The Morgan fingerprint density at radius 2 is 1.47 bits per heavy atom. The Morgan fingerprint density at radius 3 is 2.16 bits per heavy atom. The van der Waals surface area contributed by atoms with Crippen molar-refractivity contribution in [2.45, 2.75) is 57.7 Å². The molecule has 4 atom stereocenters. The van der Waals surface area contributed by atoms with Crippen LogP contribution in [0.15, 0.2) is 60.7 Å². The van der Waals surface area contributed by atoms with E-state index >= 15 is 0 Å². The second-order valence-electron chi connectivity index (χ2n) is 12.5. The van der Waals surface area contributed by atoms with E-state index in [1.807, 2.05) is 48.5 Å². The van der Waals surface area contributed by atoms with Crippen molar-refractivity contribution >= 4 is 8.32 Å². The summed E-state index contributed by atoms with van der Waals surface area (Å²) in [6.45, 7) is 10.3. The Kier molecular flexibility index (Phi) is 9.24. The Hall–Kier alpha value is -3.28. The molecule has 0 radical (unpaired) electrons. The minimum absolute atomic E-state index is 0.0335. The van der Waals surface area contributed by atoms with Crippen molar-refractivity contribution in [2.75, 3.05) is 26.8 Å². The van der Waals surface area contributed by atoms with Crippen LogP contribution >= 0.6 is 0 Å². The first-order valence-corrected chi connectivity index (χ1v) is 17.5. The van der Waals surface area contributed by atoms with E-state index in [-0.39, 0.29) is 31.8 Å². The molecular weight excluding hydrogens is 568 g/mol. The zero-order valence-electron chi connectivity index (χ0n) is 25.4. The van der Waals surface area contributed by atoms with Crippen molar-refractivity contribution in [3.63, 3.8) is 0 Å². The van der Waals surface area contributed by atoms with Crippen LogP contribution in [0, 0.1) is 11.8 Å². The van der Waals surface area contributed by atoms with Gasteiger partial charge in [0.15, 0.2) is 31.3 Å². The molecule has 3 aromatic rings. The summed E-state index contributed by atoms with van der Waals surface area (Å²) in [5.74, 6) is 0.950. The van der Waals surface area contributed by atoms with Crippen molar-refractivity contribution < 1.29 is 43.4 Å². The van der Waals surface area contributed by atoms with Gasteiger partial charge in [-0.25, -0.2) is 0 Å². The van der Waals surface area contributed by atoms with Crippen LogP contribution in [-0.2, 0) is 11.0 Å². The number of aliphatic hydroxyl groups excluding tert-OH is 3. The molecule has 5 rings (SSSR count). The van der Waals surface area contributed by atoms with Gasteiger partial charge >= 0.3 is 0 Å². The first-order valence-electron chi connectivity index (χ1n) is 14.6. The highest BCUT2D eigenvalue weighted by atomic mass is 28.4. The molecule has 9 nitrogen and oxygen atoms in total. The summed E-state index contributed by atoms with van der Waals surface area (Å²) in [6.07, 6.45) is -1.89. The fourth-order valence-electron chi connectivity index (χ4n) is 5.22. The monoisotopic (exact) mass is 610 g/mol. The third-order valence-electron chi connectivity index (χ3n) is 8.79. The fourth-order valence-corrected chi connectivity index (χ4v) is 6.52. The summed E-state index contributed by atoms with van der Waals surface area (Å²) in [6, 6.07) is 18.7. The fraction of sp³-hybridized carbons (Fsp3) is 0.455. The standard InChI is InChI=1S/C33H42O9Si/c1-33(2,3)43(4,5)42-30(22-11-13-26-28(15-22)40-19-38-26)25(17-35)24(16-34)29(36)23-12-14-27-32(41-20-39-27)31(23)37-18-21-9-7-6-8-10-21/h6-15,24-25,29-30,34-36H,16-20H2,1-5H3/t24-,25-,29?,30-/m0/s1. The van der Waals surface area contributed by atoms with Crippen molar-refractivity contribution in [1.82, 2.24) is 0 Å². The lowest BCUT2D eigenvalue weighted by Crippen LogP contribution is -2.45. The molecule has 0 amide bonds. The quantitative estimate of drug-likeness (QED) is 0.221. The molecular formula is C33H42O9Si. The van der Waals surface area contributed by atoms with Crippen LogP contribution in [0.3, 0.4) is 0 Å². The molecule has 2 aliphatic rings. The summed E-state index contributed by atoms with van der Waals surface area (Å²) in [5.41, 5.74) is 2.14. The Labute approximate surface area is 254 Å². The molecule has 0 spiro atoms. The van der Waals surface area contributed by atoms with Crippen LogP contribution in [0.4, 0.5) is 0 Å². The van der Waals surface area contributed by atoms with Crippen LogP contribution < -0.4 is 23.7 Å². The van der Waals surface area contributed by atoms with Crippen LogP contribution in [0.25, 0.3) is 0 Å². The van der Waals surface area contributed by atoms with Crippen LogP contribution in [0.2, 0.25) is 18.1 Å². The number of fused-ring (bicyclic) bond motifs is 2. The van der Waals surface area contributed by atoms with Crippen molar-refractivity contribution in [2.24, 2.45) is 11.8 Å². The molecule has 0 bridgehead atoms. The first kappa shape index (κ1) is 31.2. The lowest BCUT2D eigenvalue weighted by molar-refractivity contribution is -0.0388. The molecule has 0 saturated carbocycles. The highest BCUT2D eigenvalue weighted by molar-refractivity contribution is 6.74.